The summed E-state index contributed by atoms with van der Waals surface area (Å²) in [6.45, 7) is 0. The molecule has 1 aromatic rings. The third-order valence-corrected chi connectivity index (χ3v) is 3.97. The SMILES string of the molecule is NC1C=C(Cl)C=CC1(N)C(=O)c1ccc(Cl)c(Cl)c1. The van der Waals surface area contributed by atoms with E-state index >= 15 is 0 Å². The van der Waals surface area contributed by atoms with Crippen LogP contribution in [-0.4, -0.2) is 17.4 Å². The third kappa shape index (κ3) is 2.71. The first kappa shape index (κ1) is 14.6. The van der Waals surface area contributed by atoms with Gasteiger partial charge in [-0.3, -0.25) is 4.79 Å². The molecule has 0 spiro atoms. The van der Waals surface area contributed by atoms with Crippen molar-refractivity contribution in [3.63, 3.8) is 0 Å². The van der Waals surface area contributed by atoms with Gasteiger partial charge in [0.1, 0.15) is 5.54 Å². The van der Waals surface area contributed by atoms with Gasteiger partial charge < -0.3 is 11.5 Å². The molecule has 0 aromatic heterocycles. The Morgan fingerprint density at radius 2 is 1.89 bits per heavy atom. The molecule has 1 aromatic carbocycles. The van der Waals surface area contributed by atoms with Crippen molar-refractivity contribution in [2.45, 2.75) is 11.6 Å². The van der Waals surface area contributed by atoms with Crippen molar-refractivity contribution in [1.82, 2.24) is 0 Å². The van der Waals surface area contributed by atoms with Crippen LogP contribution >= 0.6 is 34.8 Å². The first-order valence-electron chi connectivity index (χ1n) is 5.45. The van der Waals surface area contributed by atoms with Crippen molar-refractivity contribution in [2.75, 3.05) is 0 Å². The van der Waals surface area contributed by atoms with Gasteiger partial charge in [-0.1, -0.05) is 40.9 Å². The highest BCUT2D eigenvalue weighted by Crippen LogP contribution is 2.27. The minimum atomic E-state index is -1.34. The van der Waals surface area contributed by atoms with Crippen LogP contribution in [0.5, 0.6) is 0 Å². The molecule has 2 rings (SSSR count). The highest BCUT2D eigenvalue weighted by molar-refractivity contribution is 6.42. The molecule has 4 N–H and O–H groups in total. The van der Waals surface area contributed by atoms with E-state index in [1.807, 2.05) is 0 Å². The summed E-state index contributed by atoms with van der Waals surface area (Å²) in [4.78, 5) is 12.5. The summed E-state index contributed by atoms with van der Waals surface area (Å²) >= 11 is 17.5. The molecule has 0 amide bonds. The molecule has 1 aliphatic rings. The Balaban J connectivity index is 2.39. The average molecular weight is 318 g/mol. The standard InChI is InChI=1S/C13H11Cl3N2O/c14-8-3-4-13(18,11(17)6-8)12(19)7-1-2-9(15)10(16)5-7/h1-6,11H,17-18H2. The van der Waals surface area contributed by atoms with Gasteiger partial charge >= 0.3 is 0 Å². The fourth-order valence-corrected chi connectivity index (χ4v) is 2.30. The number of halogens is 3. The summed E-state index contributed by atoms with van der Waals surface area (Å²) in [6, 6.07) is 3.88. The molecular weight excluding hydrogens is 307 g/mol. The van der Waals surface area contributed by atoms with Crippen molar-refractivity contribution in [3.8, 4) is 0 Å². The van der Waals surface area contributed by atoms with Crippen LogP contribution in [0.25, 0.3) is 0 Å². The lowest BCUT2D eigenvalue weighted by Crippen LogP contribution is -2.59. The second-order valence-electron chi connectivity index (χ2n) is 4.30. The number of ketones is 1. The highest BCUT2D eigenvalue weighted by Gasteiger charge is 2.39. The maximum atomic E-state index is 12.5. The summed E-state index contributed by atoms with van der Waals surface area (Å²) in [5.74, 6) is -0.338. The molecule has 0 saturated heterocycles. The maximum Gasteiger partial charge on any atom is 0.188 e. The third-order valence-electron chi connectivity index (χ3n) is 2.98. The van der Waals surface area contributed by atoms with Gasteiger partial charge in [0.25, 0.3) is 0 Å². The Labute approximate surface area is 125 Å². The molecule has 0 fully saturated rings. The number of benzene rings is 1. The van der Waals surface area contributed by atoms with Gasteiger partial charge in [0.05, 0.1) is 16.1 Å². The maximum absolute atomic E-state index is 12.5. The molecule has 0 aliphatic heterocycles. The summed E-state index contributed by atoms with van der Waals surface area (Å²) in [7, 11) is 0. The van der Waals surface area contributed by atoms with Crippen LogP contribution in [0.1, 0.15) is 10.4 Å². The van der Waals surface area contributed by atoms with Crippen molar-refractivity contribution in [3.05, 3.63) is 57.1 Å². The topological polar surface area (TPSA) is 69.1 Å². The van der Waals surface area contributed by atoms with Crippen LogP contribution in [0.4, 0.5) is 0 Å². The number of allylic oxidation sites excluding steroid dienone is 2. The van der Waals surface area contributed by atoms with Crippen LogP contribution in [0.2, 0.25) is 10.0 Å². The predicted octanol–water partition coefficient (Wildman–Crippen LogP) is 2.89. The van der Waals surface area contributed by atoms with E-state index in [9.17, 15) is 4.79 Å². The van der Waals surface area contributed by atoms with E-state index < -0.39 is 11.6 Å². The first-order chi connectivity index (χ1) is 8.84. The van der Waals surface area contributed by atoms with E-state index in [-0.39, 0.29) is 10.8 Å². The van der Waals surface area contributed by atoms with Gasteiger partial charge in [0.2, 0.25) is 0 Å². The van der Waals surface area contributed by atoms with Gasteiger partial charge in [-0.2, -0.15) is 0 Å². The fourth-order valence-electron chi connectivity index (χ4n) is 1.81. The van der Waals surface area contributed by atoms with Crippen LogP contribution in [0.15, 0.2) is 41.5 Å². The first-order valence-corrected chi connectivity index (χ1v) is 6.59. The Bertz CT molecular complexity index is 598. The van der Waals surface area contributed by atoms with Gasteiger partial charge in [-0.05, 0) is 30.4 Å². The number of carbonyl (C=O) groups is 1. The van der Waals surface area contributed by atoms with Crippen LogP contribution in [0, 0.1) is 0 Å². The van der Waals surface area contributed by atoms with E-state index in [0.717, 1.165) is 0 Å². The van der Waals surface area contributed by atoms with Crippen molar-refractivity contribution in [2.24, 2.45) is 11.5 Å². The molecule has 2 atom stereocenters. The fraction of sp³-hybridized carbons (Fsp3) is 0.154. The molecular formula is C13H11Cl3N2O. The lowest BCUT2D eigenvalue weighted by molar-refractivity contribution is 0.0911. The highest BCUT2D eigenvalue weighted by atomic mass is 35.5. The smallest absolute Gasteiger partial charge is 0.188 e. The summed E-state index contributed by atoms with van der Waals surface area (Å²) in [5.41, 5.74) is 11.0. The molecule has 0 radical (unpaired) electrons. The summed E-state index contributed by atoms with van der Waals surface area (Å²) in [5, 5.41) is 1.12. The van der Waals surface area contributed by atoms with Crippen LogP contribution in [-0.2, 0) is 0 Å². The zero-order chi connectivity index (χ0) is 14.2. The second-order valence-corrected chi connectivity index (χ2v) is 5.55. The number of rotatable bonds is 2. The molecule has 100 valence electrons. The number of hydrogen-bond donors (Lipinski definition) is 2. The van der Waals surface area contributed by atoms with Crippen LogP contribution in [0.3, 0.4) is 0 Å². The van der Waals surface area contributed by atoms with Crippen molar-refractivity contribution < 1.29 is 4.79 Å². The monoisotopic (exact) mass is 316 g/mol. The molecule has 3 nitrogen and oxygen atoms in total. The van der Waals surface area contributed by atoms with Crippen molar-refractivity contribution in [1.29, 1.82) is 0 Å². The van der Waals surface area contributed by atoms with E-state index in [2.05, 4.69) is 0 Å². The van der Waals surface area contributed by atoms with E-state index in [4.69, 9.17) is 46.3 Å². The van der Waals surface area contributed by atoms with Crippen LogP contribution < -0.4 is 11.5 Å². The Hall–Kier alpha value is -0.840. The predicted molar refractivity (Wildman–Crippen MR) is 78.8 cm³/mol. The lowest BCUT2D eigenvalue weighted by atomic mass is 9.81. The molecule has 2 unspecified atom stereocenters. The Kier molecular flexibility index (Phi) is 4.04. The van der Waals surface area contributed by atoms with E-state index in [0.29, 0.717) is 15.6 Å². The van der Waals surface area contributed by atoms with Gasteiger partial charge in [0.15, 0.2) is 5.78 Å². The lowest BCUT2D eigenvalue weighted by Gasteiger charge is -2.31. The van der Waals surface area contributed by atoms with Crippen molar-refractivity contribution >= 4 is 40.6 Å². The number of hydrogen-bond acceptors (Lipinski definition) is 3. The molecule has 1 aliphatic carbocycles. The Morgan fingerprint density at radius 1 is 1.21 bits per heavy atom. The number of nitrogens with two attached hydrogens (primary N) is 2. The van der Waals surface area contributed by atoms with E-state index in [1.165, 1.54) is 18.2 Å². The molecule has 0 saturated carbocycles. The average Bonchev–Trinajstić information content (AvgIpc) is 2.37. The molecule has 0 bridgehead atoms. The molecule has 19 heavy (non-hydrogen) atoms. The number of carbonyl (C=O) groups excluding carboxylic acids is 1. The minimum absolute atomic E-state index is 0.290. The second kappa shape index (κ2) is 5.27. The zero-order valence-corrected chi connectivity index (χ0v) is 12.0. The van der Waals surface area contributed by atoms with Gasteiger partial charge in [-0.15, -0.1) is 0 Å². The quantitative estimate of drug-likeness (QED) is 0.824. The van der Waals surface area contributed by atoms with Gasteiger partial charge in [0, 0.05) is 10.6 Å². The molecule has 6 heteroatoms. The summed E-state index contributed by atoms with van der Waals surface area (Å²) < 4.78 is 0. The normalized spacial score (nSPS) is 26.2. The number of Topliss-reactive ketones (excluding diaryl/α,β-unsaturated/α-hetero) is 1. The Morgan fingerprint density at radius 3 is 2.47 bits per heavy atom. The zero-order valence-electron chi connectivity index (χ0n) is 9.74. The molecule has 0 heterocycles. The largest absolute Gasteiger partial charge is 0.322 e. The summed E-state index contributed by atoms with van der Waals surface area (Å²) in [6.07, 6.45) is 4.60. The minimum Gasteiger partial charge on any atom is -0.322 e. The van der Waals surface area contributed by atoms with E-state index in [1.54, 1.807) is 18.2 Å². The van der Waals surface area contributed by atoms with Gasteiger partial charge in [-0.25, -0.2) is 0 Å².